The Hall–Kier alpha value is -1.87. The molecule has 0 bridgehead atoms. The van der Waals surface area contributed by atoms with Crippen molar-refractivity contribution in [3.63, 3.8) is 0 Å². The van der Waals surface area contributed by atoms with E-state index in [9.17, 15) is 30.6 Å². The Balaban J connectivity index is 1.50. The van der Waals surface area contributed by atoms with Gasteiger partial charge in [-0.3, -0.25) is 4.79 Å². The second-order valence-corrected chi connectivity index (χ2v) is 17.7. The summed E-state index contributed by atoms with van der Waals surface area (Å²) in [5.74, 6) is -1.66. The number of aliphatic hydroxyl groups is 6. The van der Waals surface area contributed by atoms with Gasteiger partial charge in [-0.25, -0.2) is 0 Å². The summed E-state index contributed by atoms with van der Waals surface area (Å²) in [6.07, 6.45) is 3.39. The first-order chi connectivity index (χ1) is 23.9. The monoisotopic (exact) mass is 716 g/mol. The average Bonchev–Trinajstić information content (AvgIpc) is 3.55. The molecule has 0 aromatic carbocycles. The number of carbonyl (C=O) groups excluding carboxylic acids is 1. The van der Waals surface area contributed by atoms with Crippen molar-refractivity contribution in [2.75, 3.05) is 26.7 Å². The number of hydrogen-bond acceptors (Lipinski definition) is 12. The number of aliphatic hydroxyl groups excluding tert-OH is 4. The van der Waals surface area contributed by atoms with Crippen molar-refractivity contribution in [1.82, 2.24) is 16.0 Å². The Labute approximate surface area is 303 Å². The number of dihydropyridines is 1. The lowest BCUT2D eigenvalue weighted by molar-refractivity contribution is -0.204. The summed E-state index contributed by atoms with van der Waals surface area (Å²) in [5, 5.41) is 80.5. The van der Waals surface area contributed by atoms with Crippen molar-refractivity contribution in [2.45, 2.75) is 127 Å². The molecule has 12 heteroatoms. The zero-order valence-corrected chi connectivity index (χ0v) is 31.3. The summed E-state index contributed by atoms with van der Waals surface area (Å²) >= 11 is 0. The molecule has 0 aromatic rings. The van der Waals surface area contributed by atoms with Crippen LogP contribution in [0, 0.1) is 46.3 Å². The lowest BCUT2D eigenvalue weighted by Crippen LogP contribution is -2.68. The SMILES string of the molecule is CNC[C@H]1C[C@]2(C)[C@@H]([C@@](C)(O)[C@H](O)[C@@H]3OC[C@@H](C)[C@@H]3C)CC[C@@]2(O)C2=C(NC[C@H](C)O)C(=O)[C@@H]3C[C@@H](O)[C@@H](O)C[C@]3(CCC3=CNC(N)C=C3)[C@H]21. The summed E-state index contributed by atoms with van der Waals surface area (Å²) in [7, 11) is 1.88. The lowest BCUT2D eigenvalue weighted by atomic mass is 9.41. The van der Waals surface area contributed by atoms with Crippen LogP contribution in [0.3, 0.4) is 0 Å². The number of fused-ring (bicyclic) bond motifs is 5. The Morgan fingerprint density at radius 1 is 1.20 bits per heavy atom. The number of hydrogen-bond donors (Lipinski definition) is 10. The Kier molecular flexibility index (Phi) is 10.7. The first kappa shape index (κ1) is 38.8. The molecule has 4 fully saturated rings. The van der Waals surface area contributed by atoms with Gasteiger partial charge >= 0.3 is 0 Å². The minimum atomic E-state index is -1.62. The van der Waals surface area contributed by atoms with Gasteiger partial charge in [-0.15, -0.1) is 0 Å². The number of Topliss-reactive ketones (excluding diaryl/α,β-unsaturated/α-hetero) is 1. The Morgan fingerprint density at radius 3 is 2.53 bits per heavy atom. The second-order valence-electron chi connectivity index (χ2n) is 17.7. The van der Waals surface area contributed by atoms with Gasteiger partial charge in [0.25, 0.3) is 0 Å². The fraction of sp³-hybridized carbons (Fsp3) is 0.821. The van der Waals surface area contributed by atoms with Crippen LogP contribution >= 0.6 is 0 Å². The molecular formula is C39H64N4O8. The fourth-order valence-electron chi connectivity index (χ4n) is 11.7. The highest BCUT2D eigenvalue weighted by atomic mass is 16.5. The predicted octanol–water partition coefficient (Wildman–Crippen LogP) is 0.806. The maximum absolute atomic E-state index is 15.0. The molecule has 0 spiro atoms. The number of ketones is 1. The third kappa shape index (κ3) is 6.24. The van der Waals surface area contributed by atoms with Gasteiger partial charge < -0.3 is 57.1 Å². The van der Waals surface area contributed by atoms with E-state index in [1.807, 2.05) is 39.2 Å². The third-order valence-corrected chi connectivity index (χ3v) is 14.6. The van der Waals surface area contributed by atoms with E-state index in [1.165, 1.54) is 0 Å². The zero-order valence-electron chi connectivity index (χ0n) is 31.3. The largest absolute Gasteiger partial charge is 0.392 e. The molecule has 12 nitrogen and oxygen atoms in total. The van der Waals surface area contributed by atoms with E-state index in [2.05, 4.69) is 22.9 Å². The molecule has 2 aliphatic heterocycles. The molecule has 2 heterocycles. The molecule has 1 unspecified atom stereocenters. The van der Waals surface area contributed by atoms with Crippen molar-refractivity contribution < 1.29 is 40.2 Å². The number of ether oxygens (including phenoxy) is 1. The molecule has 16 atom stereocenters. The lowest BCUT2D eigenvalue weighted by Gasteiger charge is -2.65. The summed E-state index contributed by atoms with van der Waals surface area (Å²) in [6.45, 7) is 10.6. The smallest absolute Gasteiger partial charge is 0.182 e. The maximum Gasteiger partial charge on any atom is 0.182 e. The first-order valence-corrected chi connectivity index (χ1v) is 19.3. The Morgan fingerprint density at radius 2 is 1.92 bits per heavy atom. The van der Waals surface area contributed by atoms with Crippen LogP contribution in [0.2, 0.25) is 0 Å². The van der Waals surface area contributed by atoms with Crippen molar-refractivity contribution in [3.05, 3.63) is 35.2 Å². The van der Waals surface area contributed by atoms with Gasteiger partial charge in [0.2, 0.25) is 0 Å². The second kappa shape index (κ2) is 14.1. The molecule has 1 saturated heterocycles. The van der Waals surface area contributed by atoms with Gasteiger partial charge in [-0.05, 0) is 125 Å². The van der Waals surface area contributed by atoms with Gasteiger partial charge in [0.05, 0.1) is 47.5 Å². The van der Waals surface area contributed by atoms with Crippen molar-refractivity contribution in [1.29, 1.82) is 0 Å². The molecule has 11 N–H and O–H groups in total. The normalized spacial score (nSPS) is 46.0. The van der Waals surface area contributed by atoms with Gasteiger partial charge in [0.15, 0.2) is 5.78 Å². The van der Waals surface area contributed by atoms with Crippen LogP contribution in [-0.4, -0.2) is 111 Å². The molecule has 3 saturated carbocycles. The topological polar surface area (TPSA) is 210 Å². The van der Waals surface area contributed by atoms with E-state index >= 15 is 4.79 Å². The molecule has 0 amide bonds. The van der Waals surface area contributed by atoms with E-state index in [4.69, 9.17) is 10.5 Å². The molecule has 288 valence electrons. The quantitative estimate of drug-likeness (QED) is 0.144. The number of nitrogens with two attached hydrogens (primary N) is 1. The van der Waals surface area contributed by atoms with Gasteiger partial charge in [0, 0.05) is 30.7 Å². The highest BCUT2D eigenvalue weighted by Crippen LogP contribution is 2.71. The molecule has 4 aliphatic carbocycles. The van der Waals surface area contributed by atoms with E-state index in [0.717, 1.165) is 5.57 Å². The van der Waals surface area contributed by atoms with E-state index < -0.39 is 64.4 Å². The number of nitrogens with one attached hydrogen (secondary N) is 3. The summed E-state index contributed by atoms with van der Waals surface area (Å²) in [6, 6.07) is 0. The molecule has 0 radical (unpaired) electrons. The van der Waals surface area contributed by atoms with Crippen LogP contribution in [0.4, 0.5) is 0 Å². The van der Waals surface area contributed by atoms with E-state index in [0.29, 0.717) is 44.4 Å². The van der Waals surface area contributed by atoms with Gasteiger partial charge in [-0.1, -0.05) is 26.8 Å². The fourth-order valence-corrected chi connectivity index (χ4v) is 11.7. The molecule has 51 heavy (non-hydrogen) atoms. The molecular weight excluding hydrogens is 652 g/mol. The Bertz CT molecular complexity index is 1420. The number of carbonyl (C=O) groups is 1. The highest BCUT2D eigenvalue weighted by Gasteiger charge is 2.73. The van der Waals surface area contributed by atoms with Crippen LogP contribution in [0.1, 0.15) is 79.6 Å². The highest BCUT2D eigenvalue weighted by molar-refractivity contribution is 6.00. The van der Waals surface area contributed by atoms with Gasteiger partial charge in [-0.2, -0.15) is 0 Å². The minimum absolute atomic E-state index is 0.0345. The standard InChI is InChI=1S/C39H64N4O8/c1-20-19-51-34(22(20)3)35(48)37(5,49)28-10-12-39(50)31-30(24(18-41-6)14-36(28,39)4)38(11-9-23-7-8-29(40)42-17-23)15-27(46)26(45)13-25(38)33(47)32(31)43-16-21(2)44/h7-8,17,20-22,24-30,34-35,41-46,48-50H,9-16,18-19,40H2,1-6H3/t20-,21+,22+,24-,25+,26-,27+,28+,29?,30+,34-,35-,36-,37-,38+,39-/m1/s1. The first-order valence-electron chi connectivity index (χ1n) is 19.3. The van der Waals surface area contributed by atoms with E-state index in [-0.39, 0.29) is 67.1 Å². The number of allylic oxidation sites excluding steroid dienone is 3. The molecule has 0 aromatic heterocycles. The van der Waals surface area contributed by atoms with Crippen LogP contribution in [-0.2, 0) is 9.53 Å². The minimum Gasteiger partial charge on any atom is -0.392 e. The van der Waals surface area contributed by atoms with Crippen molar-refractivity contribution in [3.8, 4) is 0 Å². The maximum atomic E-state index is 15.0. The third-order valence-electron chi connectivity index (χ3n) is 14.6. The van der Waals surface area contributed by atoms with Gasteiger partial charge in [0.1, 0.15) is 6.10 Å². The van der Waals surface area contributed by atoms with E-state index in [1.54, 1.807) is 13.8 Å². The summed E-state index contributed by atoms with van der Waals surface area (Å²) < 4.78 is 6.05. The summed E-state index contributed by atoms with van der Waals surface area (Å²) in [4.78, 5) is 15.0. The predicted molar refractivity (Wildman–Crippen MR) is 192 cm³/mol. The van der Waals surface area contributed by atoms with Crippen LogP contribution in [0.15, 0.2) is 35.2 Å². The van der Waals surface area contributed by atoms with Crippen molar-refractivity contribution in [2.24, 2.45) is 52.1 Å². The zero-order chi connectivity index (χ0) is 37.3. The summed E-state index contributed by atoms with van der Waals surface area (Å²) in [5.41, 5.74) is 2.95. The van der Waals surface area contributed by atoms with Crippen LogP contribution in [0.25, 0.3) is 0 Å². The number of rotatable bonds is 11. The van der Waals surface area contributed by atoms with Crippen LogP contribution < -0.4 is 21.7 Å². The average molecular weight is 717 g/mol. The molecule has 6 rings (SSSR count). The molecule has 6 aliphatic rings. The van der Waals surface area contributed by atoms with Crippen LogP contribution in [0.5, 0.6) is 0 Å². The van der Waals surface area contributed by atoms with Crippen molar-refractivity contribution >= 4 is 5.78 Å².